The van der Waals surface area contributed by atoms with Crippen molar-refractivity contribution in [1.82, 2.24) is 15.1 Å². The van der Waals surface area contributed by atoms with Gasteiger partial charge in [0.2, 0.25) is 0 Å². The van der Waals surface area contributed by atoms with Gasteiger partial charge in [0.05, 0.1) is 42.8 Å². The molecular formula is C12H17N3O3. The van der Waals surface area contributed by atoms with Crippen LogP contribution >= 0.6 is 0 Å². The third-order valence-electron chi connectivity index (χ3n) is 3.59. The molecule has 0 bridgehead atoms. The third kappa shape index (κ3) is 1.91. The molecule has 2 aliphatic rings. The first-order valence-electron chi connectivity index (χ1n) is 6.19. The van der Waals surface area contributed by atoms with E-state index in [0.717, 1.165) is 18.7 Å². The number of hydrogen-bond donors (Lipinski definition) is 2. The van der Waals surface area contributed by atoms with E-state index in [2.05, 4.69) is 10.2 Å². The number of H-pyrrole nitrogens is 1. The van der Waals surface area contributed by atoms with Gasteiger partial charge in [-0.15, -0.1) is 0 Å². The number of ether oxygens (including phenoxy) is 1. The van der Waals surface area contributed by atoms with Gasteiger partial charge in [-0.25, -0.2) is 0 Å². The maximum atomic E-state index is 12.3. The summed E-state index contributed by atoms with van der Waals surface area (Å²) in [4.78, 5) is 13.9. The smallest absolute Gasteiger partial charge is 0.257 e. The molecule has 1 atom stereocenters. The fraction of sp³-hybridized carbons (Fsp3) is 0.667. The summed E-state index contributed by atoms with van der Waals surface area (Å²) in [5.41, 5.74) is 0.737. The predicted molar refractivity (Wildman–Crippen MR) is 63.3 cm³/mol. The van der Waals surface area contributed by atoms with Gasteiger partial charge in [-0.2, -0.15) is 5.10 Å². The number of carbonyl (C=O) groups excluding carboxylic acids is 1. The van der Waals surface area contributed by atoms with E-state index in [9.17, 15) is 9.90 Å². The van der Waals surface area contributed by atoms with Crippen molar-refractivity contribution in [2.24, 2.45) is 0 Å². The number of hydrogen-bond acceptors (Lipinski definition) is 4. The van der Waals surface area contributed by atoms with E-state index in [1.54, 1.807) is 18.0 Å². The van der Waals surface area contributed by atoms with Crippen LogP contribution in [0.5, 0.6) is 0 Å². The van der Waals surface area contributed by atoms with Crippen molar-refractivity contribution < 1.29 is 14.6 Å². The molecule has 2 aliphatic heterocycles. The molecule has 0 aliphatic carbocycles. The molecule has 2 fully saturated rings. The molecule has 1 amide bonds. The lowest BCUT2D eigenvalue weighted by Gasteiger charge is -2.44. The highest BCUT2D eigenvalue weighted by Crippen LogP contribution is 2.29. The van der Waals surface area contributed by atoms with Gasteiger partial charge in [-0.05, 0) is 13.3 Å². The minimum absolute atomic E-state index is 0.0582. The Morgan fingerprint density at radius 2 is 2.44 bits per heavy atom. The number of aromatic amines is 1. The fourth-order valence-electron chi connectivity index (χ4n) is 2.63. The molecule has 0 radical (unpaired) electrons. The van der Waals surface area contributed by atoms with Gasteiger partial charge in [-0.3, -0.25) is 9.89 Å². The van der Waals surface area contributed by atoms with Crippen LogP contribution in [0, 0.1) is 0 Å². The van der Waals surface area contributed by atoms with Crippen molar-refractivity contribution in [3.05, 3.63) is 17.5 Å². The minimum atomic E-state index is -0.740. The molecule has 1 aromatic heterocycles. The van der Waals surface area contributed by atoms with Crippen molar-refractivity contribution in [1.29, 1.82) is 0 Å². The molecule has 1 aromatic rings. The zero-order valence-corrected chi connectivity index (χ0v) is 10.3. The molecular weight excluding hydrogens is 234 g/mol. The Balaban J connectivity index is 1.76. The Bertz CT molecular complexity index is 455. The van der Waals surface area contributed by atoms with Crippen LogP contribution in [0.15, 0.2) is 6.20 Å². The second kappa shape index (κ2) is 4.07. The second-order valence-corrected chi connectivity index (χ2v) is 5.42. The van der Waals surface area contributed by atoms with Crippen LogP contribution in [0.1, 0.15) is 35.3 Å². The van der Waals surface area contributed by atoms with E-state index < -0.39 is 5.60 Å². The Labute approximate surface area is 105 Å². The van der Waals surface area contributed by atoms with Crippen LogP contribution in [0.2, 0.25) is 0 Å². The summed E-state index contributed by atoms with van der Waals surface area (Å²) >= 11 is 0. The first kappa shape index (κ1) is 11.7. The Kier molecular flexibility index (Phi) is 2.64. The highest BCUT2D eigenvalue weighted by Gasteiger charge is 2.41. The average Bonchev–Trinajstić information content (AvgIpc) is 2.94. The summed E-state index contributed by atoms with van der Waals surface area (Å²) in [6.45, 7) is 3.88. The largest absolute Gasteiger partial charge is 0.386 e. The van der Waals surface area contributed by atoms with Gasteiger partial charge in [0.15, 0.2) is 0 Å². The van der Waals surface area contributed by atoms with Crippen molar-refractivity contribution in [2.45, 2.75) is 24.9 Å². The van der Waals surface area contributed by atoms with E-state index in [4.69, 9.17) is 4.74 Å². The molecule has 18 heavy (non-hydrogen) atoms. The van der Waals surface area contributed by atoms with Crippen molar-refractivity contribution in [3.63, 3.8) is 0 Å². The summed E-state index contributed by atoms with van der Waals surface area (Å²) in [5, 5.41) is 16.6. The average molecular weight is 251 g/mol. The number of rotatable bonds is 2. The highest BCUT2D eigenvalue weighted by atomic mass is 16.5. The van der Waals surface area contributed by atoms with Gasteiger partial charge in [0.25, 0.3) is 5.91 Å². The molecule has 0 saturated carbocycles. The summed E-state index contributed by atoms with van der Waals surface area (Å²) in [5.74, 6) is 0.172. The number of amides is 1. The normalized spacial score (nSPS) is 26.1. The van der Waals surface area contributed by atoms with E-state index in [1.165, 1.54) is 0 Å². The van der Waals surface area contributed by atoms with Gasteiger partial charge in [-0.1, -0.05) is 0 Å². The Morgan fingerprint density at radius 3 is 3.06 bits per heavy atom. The van der Waals surface area contributed by atoms with Crippen LogP contribution in [0.3, 0.4) is 0 Å². The van der Waals surface area contributed by atoms with Crippen LogP contribution in [0.25, 0.3) is 0 Å². The SMILES string of the molecule is CC1(O)CN(C(=O)c2cn[nH]c2C2CCOC2)C1. The van der Waals surface area contributed by atoms with Gasteiger partial charge in [0, 0.05) is 12.5 Å². The zero-order valence-electron chi connectivity index (χ0n) is 10.3. The molecule has 3 rings (SSSR count). The number of likely N-dealkylation sites (tertiary alicyclic amines) is 1. The van der Waals surface area contributed by atoms with Gasteiger partial charge < -0.3 is 14.7 Å². The molecule has 2 saturated heterocycles. The monoisotopic (exact) mass is 251 g/mol. The second-order valence-electron chi connectivity index (χ2n) is 5.42. The first-order valence-corrected chi connectivity index (χ1v) is 6.19. The molecule has 0 aromatic carbocycles. The van der Waals surface area contributed by atoms with Crippen LogP contribution < -0.4 is 0 Å². The topological polar surface area (TPSA) is 78.5 Å². The maximum Gasteiger partial charge on any atom is 0.257 e. The lowest BCUT2D eigenvalue weighted by atomic mass is 9.94. The predicted octanol–water partition coefficient (Wildman–Crippen LogP) is 0.120. The summed E-state index contributed by atoms with van der Waals surface area (Å²) in [7, 11) is 0. The number of β-amino-alcohol motifs (C(OH)–C–C–N with tert-alkyl or cyclic N) is 1. The van der Waals surface area contributed by atoms with E-state index >= 15 is 0 Å². The van der Waals surface area contributed by atoms with Gasteiger partial charge >= 0.3 is 0 Å². The van der Waals surface area contributed by atoms with Crippen LogP contribution in [-0.4, -0.2) is 58.0 Å². The minimum Gasteiger partial charge on any atom is -0.386 e. The number of nitrogens with zero attached hydrogens (tertiary/aromatic N) is 2. The zero-order chi connectivity index (χ0) is 12.8. The number of aromatic nitrogens is 2. The molecule has 0 spiro atoms. The maximum absolute atomic E-state index is 12.3. The molecule has 2 N–H and O–H groups in total. The highest BCUT2D eigenvalue weighted by molar-refractivity contribution is 5.96. The third-order valence-corrected chi connectivity index (χ3v) is 3.59. The number of aliphatic hydroxyl groups is 1. The first-order chi connectivity index (χ1) is 8.57. The summed E-state index contributed by atoms with van der Waals surface area (Å²) in [6, 6.07) is 0. The summed E-state index contributed by atoms with van der Waals surface area (Å²) in [6.07, 6.45) is 2.49. The van der Waals surface area contributed by atoms with Crippen LogP contribution in [0.4, 0.5) is 0 Å². The molecule has 98 valence electrons. The van der Waals surface area contributed by atoms with E-state index in [-0.39, 0.29) is 11.8 Å². The Morgan fingerprint density at radius 1 is 1.67 bits per heavy atom. The molecule has 6 heteroatoms. The van der Waals surface area contributed by atoms with E-state index in [1.807, 2.05) is 0 Å². The number of nitrogens with one attached hydrogen (secondary N) is 1. The molecule has 6 nitrogen and oxygen atoms in total. The standard InChI is InChI=1S/C12H17N3O3/c1-12(17)6-15(7-12)11(16)9-4-13-14-10(9)8-2-3-18-5-8/h4,8,17H,2-3,5-7H2,1H3,(H,13,14). The summed E-state index contributed by atoms with van der Waals surface area (Å²) < 4.78 is 5.34. The number of carbonyl (C=O) groups is 1. The molecule has 1 unspecified atom stereocenters. The Hall–Kier alpha value is -1.40. The van der Waals surface area contributed by atoms with E-state index in [0.29, 0.717) is 25.3 Å². The van der Waals surface area contributed by atoms with Crippen LogP contribution in [-0.2, 0) is 4.74 Å². The lowest BCUT2D eigenvalue weighted by Crippen LogP contribution is -2.61. The lowest BCUT2D eigenvalue weighted by molar-refractivity contribution is -0.0669. The van der Waals surface area contributed by atoms with Crippen molar-refractivity contribution >= 4 is 5.91 Å². The fourth-order valence-corrected chi connectivity index (χ4v) is 2.63. The van der Waals surface area contributed by atoms with Gasteiger partial charge in [0.1, 0.15) is 0 Å². The molecule has 3 heterocycles. The van der Waals surface area contributed by atoms with Crippen molar-refractivity contribution in [3.8, 4) is 0 Å². The van der Waals surface area contributed by atoms with Crippen molar-refractivity contribution in [2.75, 3.05) is 26.3 Å². The quantitative estimate of drug-likeness (QED) is 0.782.